The molecule has 88 valence electrons. The maximum atomic E-state index is 11.3. The smallest absolute Gasteiger partial charge is 0.211 e. The highest BCUT2D eigenvalue weighted by Crippen LogP contribution is 1.97. The second-order valence-electron chi connectivity index (χ2n) is 3.27. The molecule has 1 N–H and O–H groups in total. The predicted molar refractivity (Wildman–Crippen MR) is 64.4 cm³/mol. The summed E-state index contributed by atoms with van der Waals surface area (Å²) < 4.78 is 25.2. The second-order valence-corrected chi connectivity index (χ2v) is 5.57. The van der Waals surface area contributed by atoms with Crippen molar-refractivity contribution in [2.75, 3.05) is 18.2 Å². The fourth-order valence-corrected chi connectivity index (χ4v) is 2.41. The lowest BCUT2D eigenvalue weighted by Gasteiger charge is -2.05. The largest absolute Gasteiger partial charge is 0.215 e. The Morgan fingerprint density at radius 2 is 1.93 bits per heavy atom. The molecule has 5 heteroatoms. The van der Waals surface area contributed by atoms with Crippen molar-refractivity contribution in [1.29, 1.82) is 0 Å². The molecule has 0 amide bonds. The summed E-state index contributed by atoms with van der Waals surface area (Å²) >= 11 is 5.46. The summed E-state index contributed by atoms with van der Waals surface area (Å²) in [5.74, 6) is 3.19. The van der Waals surface area contributed by atoms with Gasteiger partial charge in [0.2, 0.25) is 10.0 Å². The van der Waals surface area contributed by atoms with E-state index in [9.17, 15) is 8.42 Å². The first kappa shape index (κ1) is 14.8. The number of hydrogen-bond donors (Lipinski definition) is 1. The van der Waals surface area contributed by atoms with Gasteiger partial charge in [-0.15, -0.1) is 23.9 Å². The summed E-state index contributed by atoms with van der Waals surface area (Å²) in [7, 11) is -3.10. The summed E-state index contributed by atoms with van der Waals surface area (Å²) in [6.45, 7) is 0.477. The third kappa shape index (κ3) is 10.1. The van der Waals surface area contributed by atoms with Crippen LogP contribution in [0, 0.1) is 12.3 Å². The van der Waals surface area contributed by atoms with Crippen molar-refractivity contribution in [3.8, 4) is 12.3 Å². The molecule has 0 aromatic carbocycles. The lowest BCUT2D eigenvalue weighted by molar-refractivity contribution is 0.574. The Labute approximate surface area is 97.6 Å². The lowest BCUT2D eigenvalue weighted by Crippen LogP contribution is -2.27. The Balaban J connectivity index is 3.53. The van der Waals surface area contributed by atoms with Crippen LogP contribution >= 0.6 is 11.6 Å². The zero-order valence-corrected chi connectivity index (χ0v) is 10.4. The van der Waals surface area contributed by atoms with Gasteiger partial charge in [0, 0.05) is 18.8 Å². The zero-order chi connectivity index (χ0) is 11.6. The fraction of sp³-hybridized carbons (Fsp3) is 0.800. The molecule has 0 aliphatic carbocycles. The number of terminal acetylenes is 1. The molecule has 0 heterocycles. The molecule has 0 atom stereocenters. The maximum Gasteiger partial charge on any atom is 0.211 e. The fourth-order valence-electron chi connectivity index (χ4n) is 1.04. The van der Waals surface area contributed by atoms with Crippen LogP contribution in [-0.2, 0) is 10.0 Å². The van der Waals surface area contributed by atoms with Crippen molar-refractivity contribution in [2.45, 2.75) is 32.1 Å². The number of sulfonamides is 1. The molecule has 0 unspecified atom stereocenters. The van der Waals surface area contributed by atoms with Crippen LogP contribution in [0.2, 0.25) is 0 Å². The number of rotatable bonds is 9. The Morgan fingerprint density at radius 3 is 2.53 bits per heavy atom. The molecular weight excluding hydrogens is 234 g/mol. The molecule has 0 bridgehead atoms. The number of nitrogens with one attached hydrogen (secondary N) is 1. The number of alkyl halides is 1. The Kier molecular flexibility index (Phi) is 8.88. The Bertz CT molecular complexity index is 282. The highest BCUT2D eigenvalue weighted by molar-refractivity contribution is 7.89. The van der Waals surface area contributed by atoms with E-state index in [0.29, 0.717) is 25.3 Å². The molecular formula is C10H18ClNO2S. The van der Waals surface area contributed by atoms with Crippen molar-refractivity contribution in [1.82, 2.24) is 4.72 Å². The minimum Gasteiger partial charge on any atom is -0.215 e. The van der Waals surface area contributed by atoms with E-state index in [2.05, 4.69) is 10.6 Å². The van der Waals surface area contributed by atoms with Gasteiger partial charge in [-0.3, -0.25) is 0 Å². The molecule has 0 aliphatic rings. The predicted octanol–water partition coefficient (Wildman–Crippen LogP) is 1.73. The molecule has 0 saturated heterocycles. The van der Waals surface area contributed by atoms with E-state index in [1.165, 1.54) is 0 Å². The van der Waals surface area contributed by atoms with Crippen molar-refractivity contribution >= 4 is 21.6 Å². The monoisotopic (exact) mass is 251 g/mol. The van der Waals surface area contributed by atoms with Crippen LogP contribution in [-0.4, -0.2) is 26.6 Å². The number of hydrogen-bond acceptors (Lipinski definition) is 2. The molecule has 0 rings (SSSR count). The van der Waals surface area contributed by atoms with Crippen molar-refractivity contribution < 1.29 is 8.42 Å². The van der Waals surface area contributed by atoms with Gasteiger partial charge in [0.1, 0.15) is 0 Å². The van der Waals surface area contributed by atoms with Gasteiger partial charge in [-0.25, -0.2) is 13.1 Å². The Hall–Kier alpha value is -0.240. The van der Waals surface area contributed by atoms with Crippen LogP contribution in [0.1, 0.15) is 32.1 Å². The van der Waals surface area contributed by atoms with E-state index in [1.807, 2.05) is 0 Å². The van der Waals surface area contributed by atoms with Crippen molar-refractivity contribution in [3.63, 3.8) is 0 Å². The lowest BCUT2D eigenvalue weighted by atomic mass is 10.2. The van der Waals surface area contributed by atoms with E-state index >= 15 is 0 Å². The number of halogens is 1. The van der Waals surface area contributed by atoms with E-state index in [1.54, 1.807) is 0 Å². The SMILES string of the molecule is C#CCCCCNS(=O)(=O)CCCCCl. The summed E-state index contributed by atoms with van der Waals surface area (Å²) in [5.41, 5.74) is 0. The van der Waals surface area contributed by atoms with Crippen LogP contribution < -0.4 is 4.72 Å². The first-order valence-electron chi connectivity index (χ1n) is 5.09. The van der Waals surface area contributed by atoms with E-state index in [0.717, 1.165) is 19.3 Å². The standard InChI is InChI=1S/C10H18ClNO2S/c1-2-3-4-6-9-12-15(13,14)10-7-5-8-11/h1,12H,3-10H2. The average molecular weight is 252 g/mol. The quantitative estimate of drug-likeness (QED) is 0.385. The van der Waals surface area contributed by atoms with Crippen LogP contribution in [0.15, 0.2) is 0 Å². The zero-order valence-electron chi connectivity index (χ0n) is 8.84. The molecule has 0 aliphatic heterocycles. The first-order chi connectivity index (χ1) is 7.12. The van der Waals surface area contributed by atoms with Gasteiger partial charge < -0.3 is 0 Å². The molecule has 0 radical (unpaired) electrons. The normalized spacial score (nSPS) is 11.2. The summed E-state index contributed by atoms with van der Waals surface area (Å²) in [6.07, 6.45) is 8.78. The average Bonchev–Trinajstić information content (AvgIpc) is 2.17. The van der Waals surface area contributed by atoms with Crippen LogP contribution in [0.4, 0.5) is 0 Å². The molecule has 3 nitrogen and oxygen atoms in total. The van der Waals surface area contributed by atoms with Crippen molar-refractivity contribution in [3.05, 3.63) is 0 Å². The maximum absolute atomic E-state index is 11.3. The van der Waals surface area contributed by atoms with Gasteiger partial charge in [0.05, 0.1) is 5.75 Å². The summed E-state index contributed by atoms with van der Waals surface area (Å²) in [5, 5.41) is 0. The number of unbranched alkanes of at least 4 members (excludes halogenated alkanes) is 3. The van der Waals surface area contributed by atoms with E-state index in [4.69, 9.17) is 18.0 Å². The highest BCUT2D eigenvalue weighted by atomic mass is 35.5. The van der Waals surface area contributed by atoms with Crippen LogP contribution in [0.3, 0.4) is 0 Å². The molecule has 15 heavy (non-hydrogen) atoms. The summed E-state index contributed by atoms with van der Waals surface area (Å²) in [4.78, 5) is 0. The Morgan fingerprint density at radius 1 is 1.20 bits per heavy atom. The van der Waals surface area contributed by atoms with Gasteiger partial charge in [-0.2, -0.15) is 0 Å². The van der Waals surface area contributed by atoms with Crippen molar-refractivity contribution in [2.24, 2.45) is 0 Å². The third-order valence-corrected chi connectivity index (χ3v) is 3.60. The minimum atomic E-state index is -3.10. The molecule has 0 aromatic heterocycles. The van der Waals surface area contributed by atoms with Gasteiger partial charge in [0.15, 0.2) is 0 Å². The van der Waals surface area contributed by atoms with Gasteiger partial charge >= 0.3 is 0 Å². The van der Waals surface area contributed by atoms with E-state index in [-0.39, 0.29) is 5.75 Å². The molecule has 0 fully saturated rings. The van der Waals surface area contributed by atoms with Crippen LogP contribution in [0.5, 0.6) is 0 Å². The van der Waals surface area contributed by atoms with Crippen LogP contribution in [0.25, 0.3) is 0 Å². The summed E-state index contributed by atoms with van der Waals surface area (Å²) in [6, 6.07) is 0. The van der Waals surface area contributed by atoms with Gasteiger partial charge in [-0.1, -0.05) is 0 Å². The second kappa shape index (κ2) is 9.02. The van der Waals surface area contributed by atoms with E-state index < -0.39 is 10.0 Å². The molecule has 0 aromatic rings. The van der Waals surface area contributed by atoms with Gasteiger partial charge in [0.25, 0.3) is 0 Å². The topological polar surface area (TPSA) is 46.2 Å². The molecule has 0 saturated carbocycles. The van der Waals surface area contributed by atoms with Gasteiger partial charge in [-0.05, 0) is 25.7 Å². The molecule has 0 spiro atoms. The minimum absolute atomic E-state index is 0.162. The highest BCUT2D eigenvalue weighted by Gasteiger charge is 2.07. The first-order valence-corrected chi connectivity index (χ1v) is 7.28. The third-order valence-electron chi connectivity index (χ3n) is 1.87.